The number of aromatic nitrogens is 3. The number of fused-ring (bicyclic) bond motifs is 8. The van der Waals surface area contributed by atoms with Crippen molar-refractivity contribution >= 4 is 59.4 Å². The Morgan fingerprint density at radius 2 is 1.29 bits per heavy atom. The summed E-state index contributed by atoms with van der Waals surface area (Å²) >= 11 is 1.90. The van der Waals surface area contributed by atoms with Gasteiger partial charge in [0, 0.05) is 26.2 Å². The Hall–Kier alpha value is -4.41. The summed E-state index contributed by atoms with van der Waals surface area (Å²) in [6.45, 7) is 4.46. The van der Waals surface area contributed by atoms with E-state index in [0.29, 0.717) is 6.04 Å². The van der Waals surface area contributed by atoms with Crippen LogP contribution >= 0.6 is 11.3 Å². The third-order valence-electron chi connectivity index (χ3n) is 7.67. The topological polar surface area (TPSA) is 22.2 Å². The van der Waals surface area contributed by atoms with Gasteiger partial charge in [0.25, 0.3) is 0 Å². The van der Waals surface area contributed by atoms with Crippen LogP contribution in [0, 0.1) is 0 Å². The second-order valence-corrected chi connectivity index (χ2v) is 11.3. The molecular formula is C34H25N3S. The number of imidazole rings is 2. The summed E-state index contributed by atoms with van der Waals surface area (Å²) in [6, 6.07) is 39.8. The standard InChI is InChI=1S/C34H25N3S/c1-21(2)36-30-19-18-23(20-31(30)37-29-17-7-6-16-28(29)35-34(36)37)25-13-9-15-27-26-14-8-12-24(32(26)38-33(25)27)22-10-4-3-5-11-22/h3-21H,1-2H3. The van der Waals surface area contributed by atoms with Gasteiger partial charge in [0.05, 0.1) is 22.1 Å². The summed E-state index contributed by atoms with van der Waals surface area (Å²) in [5, 5.41) is 2.64. The lowest BCUT2D eigenvalue weighted by molar-refractivity contribution is 0.633. The molecule has 8 rings (SSSR count). The van der Waals surface area contributed by atoms with E-state index in [2.05, 4.69) is 132 Å². The van der Waals surface area contributed by atoms with Crippen LogP contribution in [0.1, 0.15) is 19.9 Å². The zero-order valence-corrected chi connectivity index (χ0v) is 22.0. The van der Waals surface area contributed by atoms with E-state index in [9.17, 15) is 0 Å². The number of hydrogen-bond acceptors (Lipinski definition) is 2. The van der Waals surface area contributed by atoms with Crippen LogP contribution in [-0.4, -0.2) is 14.0 Å². The number of nitrogens with zero attached hydrogens (tertiary/aromatic N) is 3. The number of thiophene rings is 1. The summed E-state index contributed by atoms with van der Waals surface area (Å²) < 4.78 is 7.36. The first-order valence-corrected chi connectivity index (χ1v) is 13.9. The van der Waals surface area contributed by atoms with Crippen LogP contribution < -0.4 is 0 Å². The van der Waals surface area contributed by atoms with Crippen LogP contribution in [0.25, 0.3) is 70.3 Å². The smallest absolute Gasteiger partial charge is 0.216 e. The fourth-order valence-corrected chi connectivity index (χ4v) is 7.37. The fourth-order valence-electron chi connectivity index (χ4n) is 6.00. The molecule has 0 aliphatic rings. The molecule has 0 radical (unpaired) electrons. The zero-order valence-electron chi connectivity index (χ0n) is 21.2. The lowest BCUT2D eigenvalue weighted by atomic mass is 10.00. The number of para-hydroxylation sites is 2. The molecule has 3 aromatic heterocycles. The first kappa shape index (κ1) is 21.7. The first-order valence-electron chi connectivity index (χ1n) is 13.1. The molecule has 0 bridgehead atoms. The monoisotopic (exact) mass is 507 g/mol. The van der Waals surface area contributed by atoms with E-state index in [0.717, 1.165) is 16.8 Å². The van der Waals surface area contributed by atoms with Gasteiger partial charge in [-0.15, -0.1) is 11.3 Å². The molecule has 3 heterocycles. The number of benzene rings is 5. The van der Waals surface area contributed by atoms with Crippen LogP contribution in [-0.2, 0) is 0 Å². The van der Waals surface area contributed by atoms with Gasteiger partial charge in [0.15, 0.2) is 0 Å². The highest BCUT2D eigenvalue weighted by atomic mass is 32.1. The first-order chi connectivity index (χ1) is 18.7. The molecule has 0 aliphatic carbocycles. The summed E-state index contributed by atoms with van der Waals surface area (Å²) in [5.41, 5.74) is 9.66. The van der Waals surface area contributed by atoms with Crippen molar-refractivity contribution in [3.63, 3.8) is 0 Å². The second-order valence-electron chi connectivity index (χ2n) is 10.2. The maximum absolute atomic E-state index is 5.02. The van der Waals surface area contributed by atoms with Crippen LogP contribution in [0.5, 0.6) is 0 Å². The largest absolute Gasteiger partial charge is 0.307 e. The van der Waals surface area contributed by atoms with Crippen molar-refractivity contribution in [3.8, 4) is 22.3 Å². The fraction of sp³-hybridized carbons (Fsp3) is 0.0882. The molecular weight excluding hydrogens is 482 g/mol. The molecule has 5 aromatic carbocycles. The molecule has 38 heavy (non-hydrogen) atoms. The van der Waals surface area contributed by atoms with Crippen molar-refractivity contribution in [1.29, 1.82) is 0 Å². The Morgan fingerprint density at radius 3 is 2.03 bits per heavy atom. The van der Waals surface area contributed by atoms with Crippen LogP contribution in [0.2, 0.25) is 0 Å². The van der Waals surface area contributed by atoms with Gasteiger partial charge in [-0.1, -0.05) is 84.9 Å². The van der Waals surface area contributed by atoms with E-state index in [4.69, 9.17) is 4.98 Å². The molecule has 0 atom stereocenters. The SMILES string of the molecule is CC(C)n1c2ccc(-c3cccc4c3sc3c(-c5ccccc5)cccc34)cc2n2c3ccccc3nc12. The van der Waals surface area contributed by atoms with Crippen molar-refractivity contribution in [1.82, 2.24) is 14.0 Å². The molecule has 8 aromatic rings. The van der Waals surface area contributed by atoms with Gasteiger partial charge in [-0.3, -0.25) is 4.40 Å². The molecule has 0 amide bonds. The minimum atomic E-state index is 0.306. The van der Waals surface area contributed by atoms with Gasteiger partial charge in [0.2, 0.25) is 5.78 Å². The summed E-state index contributed by atoms with van der Waals surface area (Å²) in [7, 11) is 0. The normalized spacial score (nSPS) is 12.2. The molecule has 0 N–H and O–H groups in total. The van der Waals surface area contributed by atoms with Gasteiger partial charge in [0.1, 0.15) is 0 Å². The zero-order chi connectivity index (χ0) is 25.4. The third-order valence-corrected chi connectivity index (χ3v) is 8.96. The Morgan fingerprint density at radius 1 is 0.605 bits per heavy atom. The second kappa shape index (κ2) is 8.04. The van der Waals surface area contributed by atoms with Crippen molar-refractivity contribution in [3.05, 3.63) is 109 Å². The molecule has 0 unspecified atom stereocenters. The quantitative estimate of drug-likeness (QED) is 0.233. The average Bonchev–Trinajstić information content (AvgIpc) is 3.61. The van der Waals surface area contributed by atoms with E-state index >= 15 is 0 Å². The minimum Gasteiger partial charge on any atom is -0.307 e. The predicted octanol–water partition coefficient (Wildman–Crippen LogP) is 9.72. The average molecular weight is 508 g/mol. The molecule has 0 saturated carbocycles. The van der Waals surface area contributed by atoms with Gasteiger partial charge >= 0.3 is 0 Å². The Balaban J connectivity index is 1.42. The summed E-state index contributed by atoms with van der Waals surface area (Å²) in [4.78, 5) is 5.02. The van der Waals surface area contributed by atoms with Crippen molar-refractivity contribution in [2.45, 2.75) is 19.9 Å². The maximum atomic E-state index is 5.02. The molecule has 0 spiro atoms. The predicted molar refractivity (Wildman–Crippen MR) is 162 cm³/mol. The highest BCUT2D eigenvalue weighted by Crippen LogP contribution is 2.44. The Bertz CT molecular complexity index is 2160. The molecule has 0 fully saturated rings. The van der Waals surface area contributed by atoms with Crippen LogP contribution in [0.3, 0.4) is 0 Å². The molecule has 4 heteroatoms. The van der Waals surface area contributed by atoms with E-state index in [-0.39, 0.29) is 0 Å². The highest BCUT2D eigenvalue weighted by Gasteiger charge is 2.19. The molecule has 3 nitrogen and oxygen atoms in total. The van der Waals surface area contributed by atoms with Gasteiger partial charge in [-0.2, -0.15) is 0 Å². The lowest BCUT2D eigenvalue weighted by Gasteiger charge is -2.09. The third kappa shape index (κ3) is 2.98. The van der Waals surface area contributed by atoms with E-state index in [1.165, 1.54) is 53.5 Å². The lowest BCUT2D eigenvalue weighted by Crippen LogP contribution is -2.00. The Kier molecular flexibility index (Phi) is 4.58. The minimum absolute atomic E-state index is 0.306. The molecule has 182 valence electrons. The van der Waals surface area contributed by atoms with Crippen LogP contribution in [0.4, 0.5) is 0 Å². The Labute approximate surface area is 224 Å². The highest BCUT2D eigenvalue weighted by molar-refractivity contribution is 7.26. The van der Waals surface area contributed by atoms with E-state index < -0.39 is 0 Å². The van der Waals surface area contributed by atoms with E-state index in [1.54, 1.807) is 0 Å². The molecule has 0 aliphatic heterocycles. The number of hydrogen-bond donors (Lipinski definition) is 0. The van der Waals surface area contributed by atoms with Crippen LogP contribution in [0.15, 0.2) is 109 Å². The van der Waals surface area contributed by atoms with Gasteiger partial charge < -0.3 is 4.57 Å². The van der Waals surface area contributed by atoms with Crippen molar-refractivity contribution in [2.75, 3.05) is 0 Å². The van der Waals surface area contributed by atoms with Gasteiger partial charge in [-0.05, 0) is 60.4 Å². The molecule has 0 saturated heterocycles. The number of rotatable bonds is 3. The van der Waals surface area contributed by atoms with Crippen molar-refractivity contribution in [2.24, 2.45) is 0 Å². The maximum Gasteiger partial charge on any atom is 0.216 e. The van der Waals surface area contributed by atoms with Crippen molar-refractivity contribution < 1.29 is 0 Å². The summed E-state index contributed by atoms with van der Waals surface area (Å²) in [5.74, 6) is 1.00. The van der Waals surface area contributed by atoms with E-state index in [1.807, 2.05) is 11.3 Å². The summed E-state index contributed by atoms with van der Waals surface area (Å²) in [6.07, 6.45) is 0. The van der Waals surface area contributed by atoms with Gasteiger partial charge in [-0.25, -0.2) is 4.98 Å².